The van der Waals surface area contributed by atoms with Gasteiger partial charge >= 0.3 is 6.03 Å². The van der Waals surface area contributed by atoms with Gasteiger partial charge in [-0.2, -0.15) is 9.78 Å². The number of nitrogens with zero attached hydrogens (tertiary/aromatic N) is 2. The average molecular weight is 332 g/mol. The second-order valence-electron chi connectivity index (χ2n) is 6.28. The maximum Gasteiger partial charge on any atom is 0.341 e. The third-order valence-corrected chi connectivity index (χ3v) is 4.74. The first-order valence-corrected chi connectivity index (χ1v) is 8.48. The summed E-state index contributed by atoms with van der Waals surface area (Å²) in [6.07, 6.45) is 1.60. The summed E-state index contributed by atoms with van der Waals surface area (Å²) in [5.74, 6) is 0.936. The Morgan fingerprint density at radius 2 is 1.68 bits per heavy atom. The van der Waals surface area contributed by atoms with E-state index >= 15 is 0 Å². The van der Waals surface area contributed by atoms with Crippen molar-refractivity contribution in [1.29, 1.82) is 0 Å². The number of carbonyl (C=O) groups excluding carboxylic acids is 1. The molecule has 5 heteroatoms. The summed E-state index contributed by atoms with van der Waals surface area (Å²) in [6, 6.07) is 20.3. The summed E-state index contributed by atoms with van der Waals surface area (Å²) in [4.78, 5) is 11.7. The third kappa shape index (κ3) is 2.89. The quantitative estimate of drug-likeness (QED) is 0.771. The molecule has 0 radical (unpaired) electrons. The Morgan fingerprint density at radius 1 is 1.08 bits per heavy atom. The first-order chi connectivity index (χ1) is 12.2. The Bertz CT molecular complexity index is 847. The Kier molecular flexibility index (Phi) is 3.98. The van der Waals surface area contributed by atoms with Crippen molar-refractivity contribution in [2.45, 2.75) is 18.8 Å². The molecule has 2 aromatic carbocycles. The monoisotopic (exact) mass is 332 g/mol. The van der Waals surface area contributed by atoms with Gasteiger partial charge in [0.1, 0.15) is 5.82 Å². The molecular formula is C20H20N4O. The molecular weight excluding hydrogens is 312 g/mol. The SMILES string of the molecule is NC(=O)n1nc(CC(c2ccccc2)c2ccccc2)c2c1NCC2. The van der Waals surface area contributed by atoms with Gasteiger partial charge in [0, 0.05) is 24.4 Å². The van der Waals surface area contributed by atoms with Crippen LogP contribution < -0.4 is 11.1 Å². The zero-order valence-electron chi connectivity index (χ0n) is 13.9. The van der Waals surface area contributed by atoms with Crippen molar-refractivity contribution in [1.82, 2.24) is 9.78 Å². The molecule has 1 aromatic heterocycles. The van der Waals surface area contributed by atoms with E-state index in [1.807, 2.05) is 12.1 Å². The van der Waals surface area contributed by atoms with E-state index in [1.54, 1.807) is 0 Å². The summed E-state index contributed by atoms with van der Waals surface area (Å²) in [6.45, 7) is 0.814. The maximum atomic E-state index is 11.7. The first-order valence-electron chi connectivity index (χ1n) is 8.48. The molecule has 1 aliphatic rings. The number of carbonyl (C=O) groups is 1. The van der Waals surface area contributed by atoms with Crippen molar-refractivity contribution in [3.8, 4) is 0 Å². The predicted molar refractivity (Wildman–Crippen MR) is 97.8 cm³/mol. The van der Waals surface area contributed by atoms with Crippen molar-refractivity contribution in [2.75, 3.05) is 11.9 Å². The molecule has 0 spiro atoms. The number of amides is 1. The topological polar surface area (TPSA) is 72.9 Å². The highest BCUT2D eigenvalue weighted by atomic mass is 16.2. The molecule has 0 aliphatic carbocycles. The molecule has 25 heavy (non-hydrogen) atoms. The van der Waals surface area contributed by atoms with Crippen LogP contribution in [0.15, 0.2) is 60.7 Å². The highest BCUT2D eigenvalue weighted by Crippen LogP contribution is 2.33. The van der Waals surface area contributed by atoms with E-state index < -0.39 is 6.03 Å². The van der Waals surface area contributed by atoms with Crippen molar-refractivity contribution < 1.29 is 4.79 Å². The molecule has 1 amide bonds. The number of hydrogen-bond donors (Lipinski definition) is 2. The van der Waals surface area contributed by atoms with E-state index in [9.17, 15) is 4.79 Å². The summed E-state index contributed by atoms with van der Waals surface area (Å²) in [5, 5.41) is 7.72. The summed E-state index contributed by atoms with van der Waals surface area (Å²) in [5.41, 5.74) is 10.00. The third-order valence-electron chi connectivity index (χ3n) is 4.74. The highest BCUT2D eigenvalue weighted by Gasteiger charge is 2.26. The zero-order valence-corrected chi connectivity index (χ0v) is 13.9. The van der Waals surface area contributed by atoms with E-state index in [2.05, 4.69) is 58.9 Å². The minimum atomic E-state index is -0.548. The Labute approximate surface area is 146 Å². The van der Waals surface area contributed by atoms with Crippen molar-refractivity contribution in [2.24, 2.45) is 5.73 Å². The lowest BCUT2D eigenvalue weighted by Gasteiger charge is -2.17. The zero-order chi connectivity index (χ0) is 17.2. The fourth-order valence-electron chi connectivity index (χ4n) is 3.56. The van der Waals surface area contributed by atoms with Gasteiger partial charge in [-0.1, -0.05) is 60.7 Å². The van der Waals surface area contributed by atoms with Crippen LogP contribution in [-0.4, -0.2) is 22.4 Å². The van der Waals surface area contributed by atoms with Crippen LogP contribution in [0.4, 0.5) is 10.6 Å². The smallest absolute Gasteiger partial charge is 0.341 e. The summed E-state index contributed by atoms with van der Waals surface area (Å²) >= 11 is 0. The lowest BCUT2D eigenvalue weighted by Crippen LogP contribution is -2.22. The normalized spacial score (nSPS) is 12.8. The van der Waals surface area contributed by atoms with Gasteiger partial charge in [-0.3, -0.25) is 0 Å². The molecule has 0 atom stereocenters. The van der Waals surface area contributed by atoms with Crippen molar-refractivity contribution >= 4 is 11.8 Å². The highest BCUT2D eigenvalue weighted by molar-refractivity contribution is 5.79. The molecule has 4 rings (SSSR count). The molecule has 2 heterocycles. The summed E-state index contributed by atoms with van der Waals surface area (Å²) < 4.78 is 1.30. The maximum absolute atomic E-state index is 11.7. The number of nitrogens with one attached hydrogen (secondary N) is 1. The van der Waals surface area contributed by atoms with Crippen LogP contribution in [0.2, 0.25) is 0 Å². The first kappa shape index (κ1) is 15.4. The number of anilines is 1. The predicted octanol–water partition coefficient (Wildman–Crippen LogP) is 3.15. The van der Waals surface area contributed by atoms with Gasteiger partial charge < -0.3 is 11.1 Å². The summed E-state index contributed by atoms with van der Waals surface area (Å²) in [7, 11) is 0. The lowest BCUT2D eigenvalue weighted by molar-refractivity contribution is 0.248. The molecule has 3 N–H and O–H groups in total. The van der Waals surface area contributed by atoms with Crippen LogP contribution in [0.5, 0.6) is 0 Å². The fraction of sp³-hybridized carbons (Fsp3) is 0.200. The van der Waals surface area contributed by atoms with Gasteiger partial charge in [-0.25, -0.2) is 4.79 Å². The van der Waals surface area contributed by atoms with E-state index in [0.717, 1.165) is 36.5 Å². The van der Waals surface area contributed by atoms with Crippen LogP contribution in [-0.2, 0) is 12.8 Å². The van der Waals surface area contributed by atoms with Crippen LogP contribution >= 0.6 is 0 Å². The molecule has 0 fully saturated rings. The van der Waals surface area contributed by atoms with E-state index in [1.165, 1.54) is 15.8 Å². The van der Waals surface area contributed by atoms with Crippen LogP contribution in [0, 0.1) is 0 Å². The van der Waals surface area contributed by atoms with E-state index in [0.29, 0.717) is 0 Å². The van der Waals surface area contributed by atoms with Gasteiger partial charge in [0.05, 0.1) is 5.69 Å². The Hall–Kier alpha value is -3.08. The number of rotatable bonds is 4. The van der Waals surface area contributed by atoms with E-state index in [4.69, 9.17) is 5.73 Å². The molecule has 0 bridgehead atoms. The average Bonchev–Trinajstić information content (AvgIpc) is 3.24. The molecule has 3 aromatic rings. The van der Waals surface area contributed by atoms with Gasteiger partial charge in [0.2, 0.25) is 0 Å². The molecule has 5 nitrogen and oxygen atoms in total. The van der Waals surface area contributed by atoms with Crippen LogP contribution in [0.3, 0.4) is 0 Å². The number of primary amides is 1. The van der Waals surface area contributed by atoms with Gasteiger partial charge in [-0.15, -0.1) is 0 Å². The number of hydrogen-bond acceptors (Lipinski definition) is 3. The molecule has 0 saturated heterocycles. The number of fused-ring (bicyclic) bond motifs is 1. The minimum absolute atomic E-state index is 0.184. The number of benzene rings is 2. The van der Waals surface area contributed by atoms with Crippen molar-refractivity contribution in [3.63, 3.8) is 0 Å². The van der Waals surface area contributed by atoms with Gasteiger partial charge in [-0.05, 0) is 17.5 Å². The molecule has 0 saturated carbocycles. The second-order valence-corrected chi connectivity index (χ2v) is 6.28. The minimum Gasteiger partial charge on any atom is -0.369 e. The largest absolute Gasteiger partial charge is 0.369 e. The van der Waals surface area contributed by atoms with Crippen LogP contribution in [0.1, 0.15) is 28.3 Å². The van der Waals surface area contributed by atoms with Crippen molar-refractivity contribution in [3.05, 3.63) is 83.0 Å². The van der Waals surface area contributed by atoms with Gasteiger partial charge in [0.25, 0.3) is 0 Å². The number of nitrogens with two attached hydrogens (primary N) is 1. The Balaban J connectivity index is 1.76. The number of aromatic nitrogens is 2. The Morgan fingerprint density at radius 3 is 2.24 bits per heavy atom. The lowest BCUT2D eigenvalue weighted by atomic mass is 9.86. The second kappa shape index (κ2) is 6.43. The fourth-order valence-corrected chi connectivity index (χ4v) is 3.56. The molecule has 0 unspecified atom stereocenters. The van der Waals surface area contributed by atoms with Crippen LogP contribution in [0.25, 0.3) is 0 Å². The van der Waals surface area contributed by atoms with Gasteiger partial charge in [0.15, 0.2) is 0 Å². The molecule has 126 valence electrons. The van der Waals surface area contributed by atoms with E-state index in [-0.39, 0.29) is 5.92 Å². The standard InChI is InChI=1S/C20H20N4O/c21-20(25)24-19-16(11-12-22-19)18(23-24)13-17(14-7-3-1-4-8-14)15-9-5-2-6-10-15/h1-10,17,22H,11-13H2,(H2,21,25). The molecule has 1 aliphatic heterocycles.